The fourth-order valence-corrected chi connectivity index (χ4v) is 9.24. The zero-order chi connectivity index (χ0) is 16.0. The Morgan fingerprint density at radius 3 is 2.05 bits per heavy atom. The highest BCUT2D eigenvalue weighted by Crippen LogP contribution is 2.28. The van der Waals surface area contributed by atoms with Crippen LogP contribution in [0.5, 0.6) is 11.5 Å². The Morgan fingerprint density at radius 2 is 1.55 bits per heavy atom. The molecule has 0 aliphatic carbocycles. The lowest BCUT2D eigenvalue weighted by Crippen LogP contribution is -2.49. The zero-order valence-corrected chi connectivity index (χ0v) is 15.3. The minimum Gasteiger partial charge on any atom is -0.508 e. The number of phenolic OH excluding ortho intramolecular Hbond substituents is 1. The fourth-order valence-electron chi connectivity index (χ4n) is 2.65. The third-order valence-electron chi connectivity index (χ3n) is 4.41. The molecule has 0 amide bonds. The summed E-state index contributed by atoms with van der Waals surface area (Å²) < 4.78 is 5.28. The summed E-state index contributed by atoms with van der Waals surface area (Å²) in [5.41, 5.74) is 0. The van der Waals surface area contributed by atoms with Crippen molar-refractivity contribution in [1.82, 2.24) is 0 Å². The van der Waals surface area contributed by atoms with Crippen LogP contribution in [0.1, 0.15) is 13.8 Å². The van der Waals surface area contributed by atoms with E-state index in [1.165, 1.54) is 22.2 Å². The lowest BCUT2D eigenvalue weighted by atomic mass is 10.3. The highest BCUT2D eigenvalue weighted by molar-refractivity contribution is 8.01. The van der Waals surface area contributed by atoms with E-state index in [1.54, 1.807) is 19.2 Å². The average Bonchev–Trinajstić information content (AvgIpc) is 2.58. The van der Waals surface area contributed by atoms with Gasteiger partial charge in [0, 0.05) is 4.90 Å². The fraction of sp³-hybridized carbons (Fsp3) is 0.333. The van der Waals surface area contributed by atoms with Crippen LogP contribution in [-0.2, 0) is 0 Å². The maximum atomic E-state index is 9.39. The van der Waals surface area contributed by atoms with Crippen molar-refractivity contribution in [3.8, 4) is 11.5 Å². The van der Waals surface area contributed by atoms with Crippen LogP contribution in [0.2, 0.25) is 12.1 Å². The molecule has 0 atom stereocenters. The van der Waals surface area contributed by atoms with E-state index in [4.69, 9.17) is 4.74 Å². The highest BCUT2D eigenvalue weighted by Gasteiger charge is 2.31. The molecule has 0 radical (unpaired) electrons. The third-order valence-corrected chi connectivity index (χ3v) is 12.1. The molecule has 0 fully saturated rings. The number of methoxy groups -OCH3 is 1. The maximum Gasteiger partial charge on any atom is 0.118 e. The Morgan fingerprint density at radius 1 is 0.955 bits per heavy atom. The smallest absolute Gasteiger partial charge is 0.118 e. The molecule has 0 aliphatic heterocycles. The Hall–Kier alpha value is -1.39. The second-order valence-corrected chi connectivity index (χ2v) is 12.0. The van der Waals surface area contributed by atoms with Gasteiger partial charge < -0.3 is 9.84 Å². The molecule has 4 heteroatoms. The van der Waals surface area contributed by atoms with Crippen molar-refractivity contribution >= 4 is 25.0 Å². The lowest BCUT2D eigenvalue weighted by molar-refractivity contribution is 0.415. The number of rotatable bonds is 7. The van der Waals surface area contributed by atoms with Crippen molar-refractivity contribution in [2.75, 3.05) is 12.5 Å². The van der Waals surface area contributed by atoms with Crippen molar-refractivity contribution in [3.05, 3.63) is 48.5 Å². The van der Waals surface area contributed by atoms with Crippen molar-refractivity contribution in [3.63, 3.8) is 0 Å². The molecule has 2 rings (SSSR count). The summed E-state index contributed by atoms with van der Waals surface area (Å²) in [4.78, 5) is 1.23. The van der Waals surface area contributed by atoms with E-state index in [-0.39, 0.29) is 0 Å². The molecule has 2 aromatic carbocycles. The first kappa shape index (κ1) is 17.0. The van der Waals surface area contributed by atoms with Gasteiger partial charge in [-0.2, -0.15) is 0 Å². The van der Waals surface area contributed by atoms with Crippen molar-refractivity contribution < 1.29 is 9.84 Å². The van der Waals surface area contributed by atoms with Crippen molar-refractivity contribution in [2.45, 2.75) is 30.8 Å². The molecular formula is C18H24O2SSi. The van der Waals surface area contributed by atoms with E-state index in [2.05, 4.69) is 38.1 Å². The van der Waals surface area contributed by atoms with Crippen LogP contribution in [-0.4, -0.2) is 25.7 Å². The first-order valence-corrected chi connectivity index (χ1v) is 11.3. The number of aromatic hydroxyl groups is 1. The quantitative estimate of drug-likeness (QED) is 0.601. The largest absolute Gasteiger partial charge is 0.508 e. The van der Waals surface area contributed by atoms with Crippen LogP contribution in [0.15, 0.2) is 53.4 Å². The first-order valence-electron chi connectivity index (χ1n) is 7.70. The van der Waals surface area contributed by atoms with Crippen LogP contribution in [0.25, 0.3) is 0 Å². The van der Waals surface area contributed by atoms with Gasteiger partial charge in [-0.1, -0.05) is 43.3 Å². The van der Waals surface area contributed by atoms with Crippen LogP contribution >= 0.6 is 11.8 Å². The van der Waals surface area contributed by atoms with Gasteiger partial charge in [-0.25, -0.2) is 0 Å². The van der Waals surface area contributed by atoms with E-state index < -0.39 is 8.07 Å². The number of phenols is 1. The van der Waals surface area contributed by atoms with E-state index in [1.807, 2.05) is 23.9 Å². The number of benzene rings is 2. The summed E-state index contributed by atoms with van der Waals surface area (Å²) in [6.07, 6.45) is 0. The van der Waals surface area contributed by atoms with Gasteiger partial charge in [0.05, 0.1) is 15.2 Å². The Labute approximate surface area is 138 Å². The molecule has 0 aliphatic rings. The zero-order valence-electron chi connectivity index (χ0n) is 13.5. The monoisotopic (exact) mass is 332 g/mol. The van der Waals surface area contributed by atoms with Gasteiger partial charge in [-0.3, -0.25) is 0 Å². The minimum atomic E-state index is -1.51. The summed E-state index contributed by atoms with van der Waals surface area (Å²) in [5.74, 6) is 1.25. The van der Waals surface area contributed by atoms with Gasteiger partial charge in [0.25, 0.3) is 0 Å². The summed E-state index contributed by atoms with van der Waals surface area (Å²) in [7, 11) is 0.202. The predicted octanol–water partition coefficient (Wildman–Crippen LogP) is 4.43. The molecular weight excluding hydrogens is 308 g/mol. The lowest BCUT2D eigenvalue weighted by Gasteiger charge is -2.30. The molecule has 22 heavy (non-hydrogen) atoms. The molecule has 2 aromatic rings. The van der Waals surface area contributed by atoms with Gasteiger partial charge in [0.1, 0.15) is 11.5 Å². The first-order chi connectivity index (χ1) is 10.6. The molecule has 0 spiro atoms. The molecule has 0 saturated heterocycles. The number of ether oxygens (including phenoxy) is 1. The van der Waals surface area contributed by atoms with Gasteiger partial charge in [0.2, 0.25) is 0 Å². The van der Waals surface area contributed by atoms with E-state index >= 15 is 0 Å². The maximum absolute atomic E-state index is 9.39. The van der Waals surface area contributed by atoms with Crippen LogP contribution < -0.4 is 9.92 Å². The molecule has 0 unspecified atom stereocenters. The van der Waals surface area contributed by atoms with E-state index in [0.717, 1.165) is 11.1 Å². The van der Waals surface area contributed by atoms with Crippen molar-refractivity contribution in [1.29, 1.82) is 0 Å². The molecule has 1 N–H and O–H groups in total. The summed E-state index contributed by atoms with van der Waals surface area (Å²) >= 11 is 1.91. The van der Waals surface area contributed by atoms with Gasteiger partial charge >= 0.3 is 0 Å². The number of thioether (sulfide) groups is 1. The van der Waals surface area contributed by atoms with E-state index in [0.29, 0.717) is 5.75 Å². The minimum absolute atomic E-state index is 0.328. The summed E-state index contributed by atoms with van der Waals surface area (Å²) in [5, 5.41) is 12.1. The molecule has 118 valence electrons. The molecule has 0 heterocycles. The summed E-state index contributed by atoms with van der Waals surface area (Å²) in [6.45, 7) is 4.63. The average molecular weight is 333 g/mol. The standard InChI is InChI=1S/C18H24O2SSi/c1-4-22(5-2,18-12-8-16(20-3)9-13-18)14-21-17-10-6-15(19)7-11-17/h6-13,19H,4-5,14H2,1-3H3. The second kappa shape index (κ2) is 7.74. The SMILES string of the molecule is CC[Si](CC)(CSc1ccc(O)cc1)c1ccc(OC)cc1. The number of hydrogen-bond donors (Lipinski definition) is 1. The van der Waals surface area contributed by atoms with E-state index in [9.17, 15) is 5.11 Å². The Bertz CT molecular complexity index is 577. The van der Waals surface area contributed by atoms with Crippen LogP contribution in [0.4, 0.5) is 0 Å². The van der Waals surface area contributed by atoms with Gasteiger partial charge in [0.15, 0.2) is 0 Å². The normalized spacial score (nSPS) is 11.4. The third kappa shape index (κ3) is 3.87. The van der Waals surface area contributed by atoms with Gasteiger partial charge in [-0.15, -0.1) is 11.8 Å². The Balaban J connectivity index is 2.17. The molecule has 2 nitrogen and oxygen atoms in total. The van der Waals surface area contributed by atoms with Crippen molar-refractivity contribution in [2.24, 2.45) is 0 Å². The Kier molecular flexibility index (Phi) is 5.97. The van der Waals surface area contributed by atoms with Crippen LogP contribution in [0, 0.1) is 0 Å². The second-order valence-electron chi connectivity index (χ2n) is 5.50. The highest BCUT2D eigenvalue weighted by atomic mass is 32.2. The topological polar surface area (TPSA) is 29.5 Å². The predicted molar refractivity (Wildman–Crippen MR) is 98.2 cm³/mol. The molecule has 0 saturated carbocycles. The van der Waals surface area contributed by atoms with Crippen LogP contribution in [0.3, 0.4) is 0 Å². The molecule has 0 aromatic heterocycles. The number of hydrogen-bond acceptors (Lipinski definition) is 3. The van der Waals surface area contributed by atoms with Gasteiger partial charge in [-0.05, 0) is 41.8 Å². The molecule has 0 bridgehead atoms. The summed E-state index contributed by atoms with van der Waals surface area (Å²) in [6, 6.07) is 18.6.